The molecule has 28 heavy (non-hydrogen) atoms. The van der Waals surface area contributed by atoms with Crippen LogP contribution >= 0.6 is 11.8 Å². The third-order valence-corrected chi connectivity index (χ3v) is 6.69. The molecule has 0 saturated carbocycles. The smallest absolute Gasteiger partial charge is 0.103 e. The predicted molar refractivity (Wildman–Crippen MR) is 122 cm³/mol. The van der Waals surface area contributed by atoms with Gasteiger partial charge in [0, 0.05) is 0 Å². The van der Waals surface area contributed by atoms with E-state index < -0.39 is 0 Å². The molecule has 1 aliphatic rings. The molecule has 2 N–H and O–H groups in total. The van der Waals surface area contributed by atoms with Crippen LogP contribution in [0.1, 0.15) is 72.4 Å². The zero-order valence-corrected chi connectivity index (χ0v) is 18.3. The normalized spacial score (nSPS) is 19.7. The van der Waals surface area contributed by atoms with Gasteiger partial charge in [-0.1, -0.05) is 48.9 Å². The lowest BCUT2D eigenvalue weighted by Gasteiger charge is -2.29. The highest BCUT2D eigenvalue weighted by Crippen LogP contribution is 2.35. The highest BCUT2D eigenvalue weighted by Gasteiger charge is 2.23. The number of unbranched alkanes of at least 4 members (excludes halogenated alkanes) is 2. The van der Waals surface area contributed by atoms with Crippen molar-refractivity contribution >= 4 is 11.8 Å². The Balaban J connectivity index is 1.63. The number of rotatable bonds is 9. The van der Waals surface area contributed by atoms with Gasteiger partial charge >= 0.3 is 0 Å². The van der Waals surface area contributed by atoms with Gasteiger partial charge in [-0.25, -0.2) is 0 Å². The van der Waals surface area contributed by atoms with E-state index >= 15 is 0 Å². The van der Waals surface area contributed by atoms with Crippen molar-refractivity contribution in [2.75, 3.05) is 12.8 Å². The Morgan fingerprint density at radius 2 is 1.79 bits per heavy atom. The molecule has 1 heterocycles. The number of hydrogen-bond donors (Lipinski definition) is 1. The third-order valence-electron chi connectivity index (χ3n) is 5.82. The minimum Gasteiger partial charge on any atom is -0.360 e. The number of aryl methyl sites for hydroxylation is 2. The molecule has 3 heteroatoms. The summed E-state index contributed by atoms with van der Waals surface area (Å²) < 4.78 is 6.29. The van der Waals surface area contributed by atoms with E-state index in [1.165, 1.54) is 53.5 Å². The van der Waals surface area contributed by atoms with Gasteiger partial charge in [0.1, 0.15) is 5.44 Å². The van der Waals surface area contributed by atoms with Crippen LogP contribution in [0.3, 0.4) is 0 Å². The Hall–Kier alpha value is -1.29. The Bertz CT molecular complexity index is 728. The summed E-state index contributed by atoms with van der Waals surface area (Å²) in [5.74, 6) is 0. The van der Waals surface area contributed by atoms with Gasteiger partial charge in [-0.2, -0.15) is 0 Å². The van der Waals surface area contributed by atoms with Gasteiger partial charge in [-0.15, -0.1) is 11.8 Å². The van der Waals surface area contributed by atoms with Gasteiger partial charge in [0.05, 0.1) is 6.10 Å². The van der Waals surface area contributed by atoms with Crippen LogP contribution in [0.4, 0.5) is 0 Å². The maximum absolute atomic E-state index is 6.29. The SMILES string of the molecule is CS[C@@H]1CCC[C@@H](c2ccc(C)c(Cc3ccc(CCCCCN)cc3)c2)O1. The minimum atomic E-state index is 0.251. The number of nitrogens with two attached hydrogens (primary N) is 1. The molecule has 0 aromatic heterocycles. The Labute approximate surface area is 175 Å². The summed E-state index contributed by atoms with van der Waals surface area (Å²) in [6.45, 7) is 3.03. The predicted octanol–water partition coefficient (Wildman–Crippen LogP) is 6.19. The molecule has 2 atom stereocenters. The van der Waals surface area contributed by atoms with Crippen molar-refractivity contribution < 1.29 is 4.74 Å². The molecule has 1 fully saturated rings. The van der Waals surface area contributed by atoms with E-state index in [2.05, 4.69) is 55.6 Å². The maximum Gasteiger partial charge on any atom is 0.103 e. The lowest BCUT2D eigenvalue weighted by Crippen LogP contribution is -2.19. The van der Waals surface area contributed by atoms with Crippen molar-refractivity contribution in [1.29, 1.82) is 0 Å². The van der Waals surface area contributed by atoms with Crippen LogP contribution < -0.4 is 5.73 Å². The summed E-state index contributed by atoms with van der Waals surface area (Å²) in [5.41, 5.74) is 12.9. The van der Waals surface area contributed by atoms with E-state index in [9.17, 15) is 0 Å². The molecule has 2 nitrogen and oxygen atoms in total. The zero-order valence-electron chi connectivity index (χ0n) is 17.5. The Morgan fingerprint density at radius 1 is 1.00 bits per heavy atom. The third kappa shape index (κ3) is 6.10. The minimum absolute atomic E-state index is 0.251. The summed E-state index contributed by atoms with van der Waals surface area (Å²) in [5, 5.41) is 0. The number of hydrogen-bond acceptors (Lipinski definition) is 3. The van der Waals surface area contributed by atoms with Crippen molar-refractivity contribution in [2.45, 2.75) is 69.8 Å². The molecule has 2 aromatic rings. The van der Waals surface area contributed by atoms with Crippen LogP contribution in [-0.2, 0) is 17.6 Å². The highest BCUT2D eigenvalue weighted by molar-refractivity contribution is 7.99. The zero-order chi connectivity index (χ0) is 19.8. The standard InChI is InChI=1S/C25H35NOS/c1-19-10-15-22(24-8-6-9-25(27-24)28-2)18-23(19)17-21-13-11-20(12-14-21)7-4-3-5-16-26/h10-15,18,24-25H,3-9,16-17,26H2,1-2H3/t24-,25+/m0/s1. The van der Waals surface area contributed by atoms with Gasteiger partial charge in [-0.05, 0) is 92.5 Å². The van der Waals surface area contributed by atoms with Gasteiger partial charge in [0.15, 0.2) is 0 Å². The van der Waals surface area contributed by atoms with E-state index in [1.807, 2.05) is 11.8 Å². The van der Waals surface area contributed by atoms with E-state index in [4.69, 9.17) is 10.5 Å². The molecular formula is C25H35NOS. The van der Waals surface area contributed by atoms with Gasteiger partial charge in [0.25, 0.3) is 0 Å². The second-order valence-electron chi connectivity index (χ2n) is 8.00. The first-order valence-corrected chi connectivity index (χ1v) is 12.0. The van der Waals surface area contributed by atoms with Gasteiger partial charge in [0.2, 0.25) is 0 Å². The Kier molecular flexibility index (Phi) is 8.44. The molecule has 3 rings (SSSR count). The second kappa shape index (κ2) is 11.0. The van der Waals surface area contributed by atoms with Crippen molar-refractivity contribution in [3.8, 4) is 0 Å². The van der Waals surface area contributed by atoms with Crippen LogP contribution in [0, 0.1) is 6.92 Å². The maximum atomic E-state index is 6.29. The first-order valence-electron chi connectivity index (χ1n) is 10.7. The average Bonchev–Trinajstić information content (AvgIpc) is 2.74. The monoisotopic (exact) mass is 397 g/mol. The first-order chi connectivity index (χ1) is 13.7. The topological polar surface area (TPSA) is 35.2 Å². The van der Waals surface area contributed by atoms with Gasteiger partial charge in [-0.3, -0.25) is 0 Å². The fourth-order valence-electron chi connectivity index (χ4n) is 3.98. The second-order valence-corrected chi connectivity index (χ2v) is 9.00. The number of ether oxygens (including phenoxy) is 1. The molecule has 0 spiro atoms. The van der Waals surface area contributed by atoms with Gasteiger partial charge < -0.3 is 10.5 Å². The summed E-state index contributed by atoms with van der Waals surface area (Å²) >= 11 is 1.84. The first kappa shape index (κ1) is 21.4. The van der Waals surface area contributed by atoms with E-state index in [0.717, 1.165) is 32.2 Å². The fraction of sp³-hybridized carbons (Fsp3) is 0.520. The average molecular weight is 398 g/mol. The van der Waals surface area contributed by atoms with Crippen LogP contribution in [0.2, 0.25) is 0 Å². The van der Waals surface area contributed by atoms with Crippen molar-refractivity contribution in [1.82, 2.24) is 0 Å². The van der Waals surface area contributed by atoms with Crippen LogP contribution in [0.25, 0.3) is 0 Å². The molecule has 0 aliphatic carbocycles. The molecule has 0 radical (unpaired) electrons. The van der Waals surface area contributed by atoms with E-state index in [-0.39, 0.29) is 6.10 Å². The van der Waals surface area contributed by atoms with E-state index in [1.54, 1.807) is 0 Å². The van der Waals surface area contributed by atoms with Crippen molar-refractivity contribution in [2.24, 2.45) is 5.73 Å². The number of thioether (sulfide) groups is 1. The van der Waals surface area contributed by atoms with Crippen LogP contribution in [0.5, 0.6) is 0 Å². The quantitative estimate of drug-likeness (QED) is 0.513. The highest BCUT2D eigenvalue weighted by atomic mass is 32.2. The molecule has 1 saturated heterocycles. The summed E-state index contributed by atoms with van der Waals surface area (Å²) in [6, 6.07) is 16.1. The van der Waals surface area contributed by atoms with Crippen LogP contribution in [0.15, 0.2) is 42.5 Å². The van der Waals surface area contributed by atoms with Crippen LogP contribution in [-0.4, -0.2) is 18.2 Å². The molecule has 2 aromatic carbocycles. The fourth-order valence-corrected chi connectivity index (χ4v) is 4.63. The molecule has 0 unspecified atom stereocenters. The molecular weight excluding hydrogens is 362 g/mol. The summed E-state index contributed by atoms with van der Waals surface area (Å²) in [7, 11) is 0. The molecule has 0 amide bonds. The summed E-state index contributed by atoms with van der Waals surface area (Å²) in [4.78, 5) is 0. The van der Waals surface area contributed by atoms with Crippen molar-refractivity contribution in [3.63, 3.8) is 0 Å². The lowest BCUT2D eigenvalue weighted by atomic mass is 9.93. The summed E-state index contributed by atoms with van der Waals surface area (Å²) in [6.07, 6.45) is 11.7. The largest absolute Gasteiger partial charge is 0.360 e. The van der Waals surface area contributed by atoms with Crippen molar-refractivity contribution in [3.05, 3.63) is 70.3 Å². The molecule has 0 bridgehead atoms. The Morgan fingerprint density at radius 3 is 2.54 bits per heavy atom. The molecule has 1 aliphatic heterocycles. The lowest BCUT2D eigenvalue weighted by molar-refractivity contribution is -0.00495. The van der Waals surface area contributed by atoms with E-state index in [0.29, 0.717) is 5.44 Å². The molecule has 152 valence electrons. The number of benzene rings is 2.